The third-order valence-electron chi connectivity index (χ3n) is 18.8. The van der Waals surface area contributed by atoms with Crippen molar-refractivity contribution in [2.45, 2.75) is 213 Å². The number of anilines is 1. The molecule has 8 rings (SSSR count). The Morgan fingerprint density at radius 2 is 1.66 bits per heavy atom. The van der Waals surface area contributed by atoms with Crippen LogP contribution in [0.25, 0.3) is 33.4 Å². The summed E-state index contributed by atoms with van der Waals surface area (Å²) in [7, 11) is 2.94. The first-order valence-corrected chi connectivity index (χ1v) is 32.1. The van der Waals surface area contributed by atoms with Gasteiger partial charge in [-0.15, -0.1) is 0 Å². The second kappa shape index (κ2) is 30.7. The second-order valence-corrected chi connectivity index (χ2v) is 26.0. The van der Waals surface area contributed by atoms with Gasteiger partial charge >= 0.3 is 5.97 Å². The number of ether oxygens (including phenoxy) is 5. The van der Waals surface area contributed by atoms with E-state index < -0.39 is 83.9 Å². The molecule has 1 aromatic carbocycles. The molecule has 4 aliphatic rings. The molecule has 4 aromatic rings. The Labute approximate surface area is 522 Å². The van der Waals surface area contributed by atoms with E-state index in [0.717, 1.165) is 11.1 Å². The van der Waals surface area contributed by atoms with Crippen LogP contribution < -0.4 is 5.73 Å². The number of aliphatic hydroxyl groups is 3. The van der Waals surface area contributed by atoms with Crippen LogP contribution in [0.2, 0.25) is 0 Å². The van der Waals surface area contributed by atoms with Gasteiger partial charge in [-0.2, -0.15) is 5.10 Å². The zero-order valence-electron chi connectivity index (χ0n) is 53.8. The van der Waals surface area contributed by atoms with Gasteiger partial charge in [-0.3, -0.25) is 19.2 Å². The number of amides is 1. The maximum Gasteiger partial charge on any atom is 0.329 e. The summed E-state index contributed by atoms with van der Waals surface area (Å²) in [6.45, 7) is 17.0. The molecule has 15 atom stereocenters. The highest BCUT2D eigenvalue weighted by Crippen LogP contribution is 2.39. The van der Waals surface area contributed by atoms with Crippen LogP contribution in [0.1, 0.15) is 158 Å². The molecule has 89 heavy (non-hydrogen) atoms. The molecule has 2 saturated heterocycles. The summed E-state index contributed by atoms with van der Waals surface area (Å²) in [5, 5.41) is 40.1. The second-order valence-electron chi connectivity index (χ2n) is 26.0. The summed E-state index contributed by atoms with van der Waals surface area (Å²) >= 11 is 0. The minimum absolute atomic E-state index is 0.0279. The SMILES string of the molecule is CO[C@@H]1C[C@@H](CC(C)[C@@H]2CC(=O)[C@H](C)/C=C(\C)[C@@H](O)[C@@H](OC)C(=O)[C@H](C)C[C@H](C)/C=C/C=C/C=C(/C)[C@H](OCCCc3nc4cc(-c5nn(C(C)C)c6ncnc(N)c56)ccc4o3)C[C@@H]3CC[C@@H](C)[C@@](O)(O3)C(=O)C(=O)N3CCCC[C@H]3C(=O)O2)CC[C@H]1O. The molecular weight excluding hydrogens is 1140 g/mol. The first-order valence-electron chi connectivity index (χ1n) is 32.1. The number of hydrogen-bond acceptors (Lipinski definition) is 19. The number of nitrogens with zero attached hydrogens (tertiary/aromatic N) is 6. The van der Waals surface area contributed by atoms with Crippen LogP contribution in [0, 0.1) is 35.5 Å². The summed E-state index contributed by atoms with van der Waals surface area (Å²) < 4.78 is 38.7. The van der Waals surface area contributed by atoms with Gasteiger partial charge in [0, 0.05) is 76.0 Å². The zero-order chi connectivity index (χ0) is 64.4. The zero-order valence-corrected chi connectivity index (χ0v) is 53.8. The fourth-order valence-corrected chi connectivity index (χ4v) is 13.3. The van der Waals surface area contributed by atoms with Crippen molar-refractivity contribution in [2.75, 3.05) is 33.1 Å². The number of piperidine rings is 1. The van der Waals surface area contributed by atoms with Gasteiger partial charge in [0.05, 0.1) is 29.8 Å². The lowest BCUT2D eigenvalue weighted by atomic mass is 9.78. The first-order chi connectivity index (χ1) is 42.4. The lowest BCUT2D eigenvalue weighted by Crippen LogP contribution is -2.61. The highest BCUT2D eigenvalue weighted by molar-refractivity contribution is 6.39. The number of aromatic nitrogens is 5. The van der Waals surface area contributed by atoms with Crippen LogP contribution in [0.5, 0.6) is 0 Å². The third kappa shape index (κ3) is 16.4. The van der Waals surface area contributed by atoms with E-state index in [4.69, 9.17) is 43.9 Å². The molecule has 21 heteroatoms. The van der Waals surface area contributed by atoms with Crippen molar-refractivity contribution < 1.29 is 67.4 Å². The molecule has 21 nitrogen and oxygen atoms in total. The van der Waals surface area contributed by atoms with Crippen molar-refractivity contribution >= 4 is 57.2 Å². The summed E-state index contributed by atoms with van der Waals surface area (Å²) in [4.78, 5) is 87.0. The number of oxazole rings is 1. The fraction of sp³-hybridized carbons (Fsp3) is 0.632. The molecule has 1 saturated carbocycles. The number of carbonyl (C=O) groups is 5. The molecule has 6 heterocycles. The number of ketones is 3. The summed E-state index contributed by atoms with van der Waals surface area (Å²) in [6.07, 6.45) is 12.7. The Morgan fingerprint density at radius 3 is 2.40 bits per heavy atom. The fourth-order valence-electron chi connectivity index (χ4n) is 13.3. The molecule has 0 radical (unpaired) electrons. The average molecular weight is 1230 g/mol. The molecule has 2 bridgehead atoms. The van der Waals surface area contributed by atoms with Crippen LogP contribution in [-0.4, -0.2) is 156 Å². The highest BCUT2D eigenvalue weighted by atomic mass is 16.6. The van der Waals surface area contributed by atoms with Gasteiger partial charge in [-0.05, 0) is 145 Å². The van der Waals surface area contributed by atoms with Gasteiger partial charge in [-0.1, -0.05) is 71.1 Å². The van der Waals surface area contributed by atoms with Crippen molar-refractivity contribution in [2.24, 2.45) is 35.5 Å². The van der Waals surface area contributed by atoms with E-state index in [-0.39, 0.29) is 73.9 Å². The van der Waals surface area contributed by atoms with Crippen LogP contribution >= 0.6 is 0 Å². The van der Waals surface area contributed by atoms with E-state index >= 15 is 0 Å². The quantitative estimate of drug-likeness (QED) is 0.0444. The number of fused-ring (bicyclic) bond motifs is 5. The van der Waals surface area contributed by atoms with E-state index in [1.807, 2.05) is 94.8 Å². The summed E-state index contributed by atoms with van der Waals surface area (Å²) in [6, 6.07) is 4.51. The number of hydrogen-bond donors (Lipinski definition) is 4. The van der Waals surface area contributed by atoms with Crippen LogP contribution in [-0.2, 0) is 54.1 Å². The van der Waals surface area contributed by atoms with Crippen molar-refractivity contribution in [3.8, 4) is 11.3 Å². The number of aryl methyl sites for hydroxylation is 1. The molecule has 3 aromatic heterocycles. The number of nitrogens with two attached hydrogens (primary N) is 1. The molecule has 3 fully saturated rings. The van der Waals surface area contributed by atoms with E-state index in [2.05, 4.69) is 9.97 Å². The Bertz CT molecular complexity index is 3260. The number of benzene rings is 1. The van der Waals surface area contributed by atoms with Crippen molar-refractivity contribution in [3.05, 3.63) is 78.0 Å². The number of nitrogen functional groups attached to an aromatic ring is 1. The normalized spacial score (nSPS) is 32.9. The minimum atomic E-state index is -2.52. The monoisotopic (exact) mass is 1230 g/mol. The minimum Gasteiger partial charge on any atom is -0.460 e. The average Bonchev–Trinajstić information content (AvgIpc) is 1.76. The molecule has 486 valence electrons. The van der Waals surface area contributed by atoms with Crippen molar-refractivity contribution in [1.29, 1.82) is 0 Å². The number of allylic oxidation sites excluding steroid dienone is 6. The maximum atomic E-state index is 14.7. The lowest BCUT2D eigenvalue weighted by Gasteiger charge is -2.43. The predicted molar refractivity (Wildman–Crippen MR) is 336 cm³/mol. The van der Waals surface area contributed by atoms with E-state index in [9.17, 15) is 39.3 Å². The Hall–Kier alpha value is -6.33. The molecule has 3 aliphatic heterocycles. The largest absolute Gasteiger partial charge is 0.460 e. The van der Waals surface area contributed by atoms with E-state index in [1.54, 1.807) is 34.0 Å². The molecule has 5 N–H and O–H groups in total. The van der Waals surface area contributed by atoms with Crippen LogP contribution in [0.4, 0.5) is 5.82 Å². The van der Waals surface area contributed by atoms with Gasteiger partial charge in [-0.25, -0.2) is 24.4 Å². The molecule has 1 amide bonds. The van der Waals surface area contributed by atoms with Crippen LogP contribution in [0.15, 0.2) is 76.5 Å². The number of cyclic esters (lactones) is 1. The van der Waals surface area contributed by atoms with Gasteiger partial charge < -0.3 is 54.1 Å². The maximum absolute atomic E-state index is 14.7. The number of aliphatic hydroxyl groups excluding tert-OH is 2. The van der Waals surface area contributed by atoms with Gasteiger partial charge in [0.1, 0.15) is 53.5 Å². The number of rotatable bonds is 12. The Balaban J connectivity index is 1.04. The van der Waals surface area contributed by atoms with Gasteiger partial charge in [0.2, 0.25) is 5.79 Å². The standard InChI is InChI=1S/C68H95N7O14/c1-38(2)75-65-58(64(69)70-37-71-65)59(73-75)47-24-27-53-49(34-47)72-57(87-53)21-17-29-86-54-35-48-25-22-45(9)68(83,89-48)63(80)66(81)74-28-16-15-20-50(74)67(82)88-55(42(6)32-46-23-26-51(76)56(33-46)84-10)36-52(77)41(5)31-44(8)61(79)62(85-11)60(78)43(7)30-39(3)18-13-12-14-19-40(54)4/h12-14,18-19,24,27,31,34,37-39,41-43,45-46,48,50-51,54-56,61-62,76,79,83H,15-17,20-23,25-26,28-30,32-33,35-36H2,1-11H3,(H2,69,70,71)/b14-12+,18-13+,40-19-,44-31+/t39-,41-,42?,43-,45-,46-,48+,50+,51-,54-,55+,56-,61-,62+,68-/m1/s1. The molecule has 0 spiro atoms. The van der Waals surface area contributed by atoms with Gasteiger partial charge in [0.15, 0.2) is 22.9 Å². The lowest BCUT2D eigenvalue weighted by molar-refractivity contribution is -0.266. The first kappa shape index (κ1) is 68.6. The van der Waals surface area contributed by atoms with E-state index in [0.29, 0.717) is 116 Å². The highest BCUT2D eigenvalue weighted by Gasteiger charge is 2.53. The third-order valence-corrected chi connectivity index (χ3v) is 18.8. The van der Waals surface area contributed by atoms with Crippen molar-refractivity contribution in [3.63, 3.8) is 0 Å². The topological polar surface area (TPSA) is 291 Å². The van der Waals surface area contributed by atoms with Gasteiger partial charge in [0.25, 0.3) is 11.7 Å². The Morgan fingerprint density at radius 1 is 0.888 bits per heavy atom. The number of carbonyl (C=O) groups excluding carboxylic acids is 5. The van der Waals surface area contributed by atoms with Crippen molar-refractivity contribution in [1.82, 2.24) is 29.6 Å². The Kier molecular flexibility index (Phi) is 23.6. The molecule has 1 aliphatic carbocycles. The van der Waals surface area contributed by atoms with E-state index in [1.165, 1.54) is 18.3 Å². The smallest absolute Gasteiger partial charge is 0.329 e. The van der Waals surface area contributed by atoms with Crippen LogP contribution in [0.3, 0.4) is 0 Å². The summed E-state index contributed by atoms with van der Waals surface area (Å²) in [5.41, 5.74) is 10.9. The number of Topliss-reactive ketones (excluding diaryl/α,β-unsaturated/α-hetero) is 3. The molecular formula is C68H95N7O14. The number of methoxy groups -OCH3 is 2. The molecule has 1 unspecified atom stereocenters. The number of esters is 1. The summed E-state index contributed by atoms with van der Waals surface area (Å²) in [5.74, 6) is -7.62. The predicted octanol–water partition coefficient (Wildman–Crippen LogP) is 9.29.